The summed E-state index contributed by atoms with van der Waals surface area (Å²) in [7, 11) is 0. The Labute approximate surface area is 174 Å². The van der Waals surface area contributed by atoms with Gasteiger partial charge in [0, 0.05) is 29.4 Å². The van der Waals surface area contributed by atoms with Crippen LogP contribution in [0.3, 0.4) is 0 Å². The van der Waals surface area contributed by atoms with Crippen LogP contribution in [0.1, 0.15) is 65.5 Å². The van der Waals surface area contributed by atoms with E-state index in [2.05, 4.69) is 20.5 Å². The van der Waals surface area contributed by atoms with Crippen molar-refractivity contribution in [3.05, 3.63) is 63.3 Å². The molecule has 0 bridgehead atoms. The lowest BCUT2D eigenvalue weighted by atomic mass is 10.1. The van der Waals surface area contributed by atoms with Crippen LogP contribution in [0.2, 0.25) is 0 Å². The van der Waals surface area contributed by atoms with E-state index in [-0.39, 0.29) is 17.3 Å². The van der Waals surface area contributed by atoms with Gasteiger partial charge in [-0.1, -0.05) is 25.1 Å². The fraction of sp³-hybridized carbons (Fsp3) is 0.364. The van der Waals surface area contributed by atoms with Crippen molar-refractivity contribution in [2.45, 2.75) is 53.6 Å². The van der Waals surface area contributed by atoms with Gasteiger partial charge in [0.1, 0.15) is 0 Å². The number of rotatable bonds is 5. The number of nitrogens with zero attached hydrogens (tertiary/aromatic N) is 3. The second-order valence-corrected chi connectivity index (χ2v) is 7.58. The fourth-order valence-electron chi connectivity index (χ4n) is 3.81. The first-order valence-corrected chi connectivity index (χ1v) is 10.0. The number of benzene rings is 1. The molecular weight excluding hydrogens is 382 g/mol. The second kappa shape index (κ2) is 8.52. The van der Waals surface area contributed by atoms with Gasteiger partial charge in [0.25, 0.3) is 17.4 Å². The van der Waals surface area contributed by atoms with Crippen molar-refractivity contribution in [3.63, 3.8) is 0 Å². The third-order valence-corrected chi connectivity index (χ3v) is 5.05. The van der Waals surface area contributed by atoms with E-state index >= 15 is 0 Å². The first kappa shape index (κ1) is 21.3. The van der Waals surface area contributed by atoms with Crippen LogP contribution in [0.25, 0.3) is 10.8 Å². The van der Waals surface area contributed by atoms with Crippen LogP contribution in [0.5, 0.6) is 0 Å². The molecule has 2 aromatic heterocycles. The number of hydrazine groups is 1. The zero-order valence-electron chi connectivity index (χ0n) is 17.9. The highest BCUT2D eigenvalue weighted by Crippen LogP contribution is 2.20. The molecule has 30 heavy (non-hydrogen) atoms. The molecule has 0 radical (unpaired) electrons. The Bertz CT molecular complexity index is 1170. The lowest BCUT2D eigenvalue weighted by Crippen LogP contribution is -2.43. The van der Waals surface area contributed by atoms with Crippen LogP contribution in [0.4, 0.5) is 0 Å². The van der Waals surface area contributed by atoms with Crippen molar-refractivity contribution in [2.75, 3.05) is 0 Å². The third-order valence-electron chi connectivity index (χ3n) is 5.05. The Morgan fingerprint density at radius 2 is 1.70 bits per heavy atom. The highest BCUT2D eigenvalue weighted by atomic mass is 16.2. The molecule has 2 N–H and O–H groups in total. The maximum Gasteiger partial charge on any atom is 0.290 e. The van der Waals surface area contributed by atoms with Crippen LogP contribution in [-0.4, -0.2) is 26.2 Å². The van der Waals surface area contributed by atoms with Crippen molar-refractivity contribution in [1.29, 1.82) is 0 Å². The molecule has 0 unspecified atom stereocenters. The van der Waals surface area contributed by atoms with Crippen LogP contribution in [0.15, 0.2) is 35.1 Å². The molecule has 0 fully saturated rings. The molecule has 158 valence electrons. The zero-order valence-corrected chi connectivity index (χ0v) is 17.9. The molecule has 0 aliphatic rings. The monoisotopic (exact) mass is 409 g/mol. The Kier molecular flexibility index (Phi) is 6.05. The summed E-state index contributed by atoms with van der Waals surface area (Å²) < 4.78 is 3.35. The smallest absolute Gasteiger partial charge is 0.290 e. The van der Waals surface area contributed by atoms with Gasteiger partial charge in [0.2, 0.25) is 0 Å². The standard InChI is InChI=1S/C22H27N5O3/c1-6-11-26-22(30)17-10-8-7-9-16(17)19(25-26)21(29)24-23-20(28)18-12-14(4)27(13(2)3)15(18)5/h7-10,12-13H,6,11H2,1-5H3,(H,23,28)(H,24,29). The predicted octanol–water partition coefficient (Wildman–Crippen LogP) is 2.88. The van der Waals surface area contributed by atoms with Gasteiger partial charge in [-0.05, 0) is 46.2 Å². The van der Waals surface area contributed by atoms with Crippen molar-refractivity contribution in [2.24, 2.45) is 0 Å². The normalized spacial score (nSPS) is 11.1. The highest BCUT2D eigenvalue weighted by molar-refractivity contribution is 6.06. The molecule has 0 atom stereocenters. The molecule has 0 saturated carbocycles. The number of carbonyl (C=O) groups excluding carboxylic acids is 2. The average molecular weight is 409 g/mol. The lowest BCUT2D eigenvalue weighted by Gasteiger charge is -2.14. The number of nitrogens with one attached hydrogen (secondary N) is 2. The van der Waals surface area contributed by atoms with Crippen molar-refractivity contribution in [3.8, 4) is 0 Å². The minimum absolute atomic E-state index is 0.0894. The van der Waals surface area contributed by atoms with E-state index in [0.29, 0.717) is 29.3 Å². The summed E-state index contributed by atoms with van der Waals surface area (Å²) in [5, 5.41) is 5.10. The first-order valence-electron chi connectivity index (χ1n) is 10.0. The molecule has 2 amide bonds. The highest BCUT2D eigenvalue weighted by Gasteiger charge is 2.20. The fourth-order valence-corrected chi connectivity index (χ4v) is 3.81. The first-order chi connectivity index (χ1) is 14.3. The summed E-state index contributed by atoms with van der Waals surface area (Å²) in [6, 6.07) is 8.84. The molecule has 8 nitrogen and oxygen atoms in total. The van der Waals surface area contributed by atoms with E-state index in [4.69, 9.17) is 0 Å². The SMILES string of the molecule is CCCn1nc(C(=O)NNC(=O)c2cc(C)n(C(C)C)c2C)c2ccccc2c1=O. The summed E-state index contributed by atoms with van der Waals surface area (Å²) in [6.07, 6.45) is 0.703. The van der Waals surface area contributed by atoms with Gasteiger partial charge in [-0.3, -0.25) is 25.2 Å². The van der Waals surface area contributed by atoms with Gasteiger partial charge in [-0.15, -0.1) is 0 Å². The van der Waals surface area contributed by atoms with Crippen LogP contribution >= 0.6 is 0 Å². The van der Waals surface area contributed by atoms with Gasteiger partial charge in [-0.2, -0.15) is 5.10 Å². The van der Waals surface area contributed by atoms with Gasteiger partial charge < -0.3 is 4.57 Å². The van der Waals surface area contributed by atoms with Crippen LogP contribution in [-0.2, 0) is 6.54 Å². The predicted molar refractivity (Wildman–Crippen MR) is 116 cm³/mol. The van der Waals surface area contributed by atoms with E-state index in [1.807, 2.05) is 34.6 Å². The van der Waals surface area contributed by atoms with E-state index < -0.39 is 11.8 Å². The number of fused-ring (bicyclic) bond motifs is 1. The number of hydrogen-bond acceptors (Lipinski definition) is 4. The van der Waals surface area contributed by atoms with Gasteiger partial charge >= 0.3 is 0 Å². The third kappa shape index (κ3) is 3.85. The minimum Gasteiger partial charge on any atom is -0.346 e. The molecule has 0 spiro atoms. The van der Waals surface area contributed by atoms with E-state index in [0.717, 1.165) is 11.4 Å². The van der Waals surface area contributed by atoms with Gasteiger partial charge in [-0.25, -0.2) is 4.68 Å². The molecule has 0 aliphatic heterocycles. The molecule has 0 saturated heterocycles. The molecule has 0 aliphatic carbocycles. The summed E-state index contributed by atoms with van der Waals surface area (Å²) in [5.41, 5.74) is 7.05. The number of carbonyl (C=O) groups is 2. The number of amides is 2. The Balaban J connectivity index is 1.88. The van der Waals surface area contributed by atoms with Crippen molar-refractivity contribution in [1.82, 2.24) is 25.2 Å². The quantitative estimate of drug-likeness (QED) is 0.633. The van der Waals surface area contributed by atoms with E-state index in [1.165, 1.54) is 4.68 Å². The zero-order chi connectivity index (χ0) is 22.0. The lowest BCUT2D eigenvalue weighted by molar-refractivity contribution is 0.0843. The Morgan fingerprint density at radius 3 is 2.30 bits per heavy atom. The molecule has 3 aromatic rings. The summed E-state index contributed by atoms with van der Waals surface area (Å²) >= 11 is 0. The van der Waals surface area contributed by atoms with Crippen molar-refractivity contribution < 1.29 is 9.59 Å². The van der Waals surface area contributed by atoms with Crippen LogP contribution in [0, 0.1) is 13.8 Å². The van der Waals surface area contributed by atoms with E-state index in [1.54, 1.807) is 30.3 Å². The number of aryl methyl sites for hydroxylation is 2. The largest absolute Gasteiger partial charge is 0.346 e. The Hall–Kier alpha value is -3.42. The average Bonchev–Trinajstić information content (AvgIpc) is 3.02. The van der Waals surface area contributed by atoms with Gasteiger partial charge in [0.15, 0.2) is 5.69 Å². The summed E-state index contributed by atoms with van der Waals surface area (Å²) in [4.78, 5) is 38.0. The summed E-state index contributed by atoms with van der Waals surface area (Å²) in [6.45, 7) is 10.2. The molecule has 2 heterocycles. The van der Waals surface area contributed by atoms with Crippen LogP contribution < -0.4 is 16.4 Å². The van der Waals surface area contributed by atoms with Crippen molar-refractivity contribution >= 4 is 22.6 Å². The maximum atomic E-state index is 12.8. The Morgan fingerprint density at radius 1 is 1.07 bits per heavy atom. The molecule has 3 rings (SSSR count). The molecule has 8 heteroatoms. The number of hydrogen-bond donors (Lipinski definition) is 2. The minimum atomic E-state index is -0.581. The van der Waals surface area contributed by atoms with E-state index in [9.17, 15) is 14.4 Å². The van der Waals surface area contributed by atoms with Gasteiger partial charge in [0.05, 0.1) is 10.9 Å². The summed E-state index contributed by atoms with van der Waals surface area (Å²) in [5.74, 6) is -0.989. The molecule has 1 aromatic carbocycles. The second-order valence-electron chi connectivity index (χ2n) is 7.58. The maximum absolute atomic E-state index is 12.8. The molecular formula is C22H27N5O3. The topological polar surface area (TPSA) is 98.0 Å². The number of aromatic nitrogens is 3.